The normalized spacial score (nSPS) is 11.9. The first-order valence-corrected chi connectivity index (χ1v) is 6.44. The van der Waals surface area contributed by atoms with Crippen LogP contribution in [-0.4, -0.2) is 14.8 Å². The Bertz CT molecular complexity index is 962. The molecule has 2 aromatic carbocycles. The number of aliphatic hydroxyl groups is 1. The van der Waals surface area contributed by atoms with E-state index in [1.165, 1.54) is 0 Å². The van der Waals surface area contributed by atoms with Crippen molar-refractivity contribution in [1.29, 1.82) is 0 Å². The lowest BCUT2D eigenvalue weighted by Crippen LogP contribution is -1.96. The number of aromatic hydroxyl groups is 1. The minimum atomic E-state index is -0.146. The molecular weight excluding hydrogens is 254 g/mol. The van der Waals surface area contributed by atoms with Crippen LogP contribution in [0, 0.1) is 6.92 Å². The van der Waals surface area contributed by atoms with E-state index in [-0.39, 0.29) is 12.5 Å². The molecule has 0 aliphatic heterocycles. The first kappa shape index (κ1) is 11.4. The van der Waals surface area contributed by atoms with E-state index in [1.807, 2.05) is 37.3 Å². The zero-order chi connectivity index (χ0) is 13.9. The van der Waals surface area contributed by atoms with Crippen molar-refractivity contribution < 1.29 is 14.6 Å². The predicted molar refractivity (Wildman–Crippen MR) is 77.8 cm³/mol. The lowest BCUT2D eigenvalue weighted by molar-refractivity contribution is 0.220. The number of fused-ring (bicyclic) bond motifs is 5. The maximum Gasteiger partial charge on any atom is 0.142 e. The van der Waals surface area contributed by atoms with Gasteiger partial charge in [-0.3, -0.25) is 0 Å². The molecule has 0 amide bonds. The van der Waals surface area contributed by atoms with Gasteiger partial charge in [-0.15, -0.1) is 0 Å². The van der Waals surface area contributed by atoms with Gasteiger partial charge in [0.25, 0.3) is 0 Å². The molecule has 0 saturated carbocycles. The summed E-state index contributed by atoms with van der Waals surface area (Å²) in [7, 11) is 0. The SMILES string of the molecule is Cc1c(O)c2c3ccccc3n(CO)c2c2ccoc12. The Hall–Kier alpha value is -2.46. The molecule has 0 aliphatic carbocycles. The molecule has 0 saturated heterocycles. The van der Waals surface area contributed by atoms with Crippen molar-refractivity contribution in [2.75, 3.05) is 0 Å². The van der Waals surface area contributed by atoms with Crippen molar-refractivity contribution in [3.63, 3.8) is 0 Å². The van der Waals surface area contributed by atoms with Crippen LogP contribution in [0.15, 0.2) is 41.0 Å². The summed E-state index contributed by atoms with van der Waals surface area (Å²) < 4.78 is 7.27. The predicted octanol–water partition coefficient (Wildman–Crippen LogP) is 3.50. The molecule has 0 spiro atoms. The number of aromatic nitrogens is 1. The van der Waals surface area contributed by atoms with Gasteiger partial charge in [0, 0.05) is 16.3 Å². The van der Waals surface area contributed by atoms with E-state index in [1.54, 1.807) is 10.8 Å². The van der Waals surface area contributed by atoms with Crippen LogP contribution in [0.5, 0.6) is 5.75 Å². The summed E-state index contributed by atoms with van der Waals surface area (Å²) in [6.45, 7) is 1.69. The number of nitrogens with zero attached hydrogens (tertiary/aromatic N) is 1. The molecule has 20 heavy (non-hydrogen) atoms. The number of furan rings is 1. The molecule has 4 rings (SSSR count). The Labute approximate surface area is 114 Å². The van der Waals surface area contributed by atoms with Crippen LogP contribution in [0.25, 0.3) is 32.8 Å². The number of aryl methyl sites for hydroxylation is 1. The van der Waals surface area contributed by atoms with Crippen LogP contribution in [-0.2, 0) is 6.73 Å². The topological polar surface area (TPSA) is 58.5 Å². The molecule has 2 N–H and O–H groups in total. The molecule has 2 aromatic heterocycles. The number of rotatable bonds is 1. The van der Waals surface area contributed by atoms with Crippen molar-refractivity contribution in [3.8, 4) is 5.75 Å². The quantitative estimate of drug-likeness (QED) is 0.555. The summed E-state index contributed by atoms with van der Waals surface area (Å²) in [6.07, 6.45) is 1.61. The molecule has 4 nitrogen and oxygen atoms in total. The van der Waals surface area contributed by atoms with E-state index in [2.05, 4.69) is 0 Å². The highest BCUT2D eigenvalue weighted by Gasteiger charge is 2.20. The van der Waals surface area contributed by atoms with Crippen molar-refractivity contribution in [3.05, 3.63) is 42.2 Å². The van der Waals surface area contributed by atoms with E-state index in [0.29, 0.717) is 5.58 Å². The van der Waals surface area contributed by atoms with Crippen LogP contribution >= 0.6 is 0 Å². The maximum atomic E-state index is 10.5. The van der Waals surface area contributed by atoms with E-state index in [0.717, 1.165) is 32.8 Å². The molecule has 0 unspecified atom stereocenters. The number of phenols is 1. The van der Waals surface area contributed by atoms with Gasteiger partial charge in [0.1, 0.15) is 18.1 Å². The number of aliphatic hydroxyl groups excluding tert-OH is 1. The molecule has 0 atom stereocenters. The number of para-hydroxylation sites is 1. The summed E-state index contributed by atoms with van der Waals surface area (Å²) in [5.41, 5.74) is 3.08. The Morgan fingerprint density at radius 1 is 1.15 bits per heavy atom. The Kier molecular flexibility index (Phi) is 2.15. The Morgan fingerprint density at radius 3 is 2.75 bits per heavy atom. The maximum absolute atomic E-state index is 10.5. The standard InChI is InChI=1S/C16H13NO3/c1-9-15(19)13-10-4-2-3-5-12(10)17(8-18)14(13)11-6-7-20-16(9)11/h2-7,18-19H,8H2,1H3. The van der Waals surface area contributed by atoms with Gasteiger partial charge in [-0.05, 0) is 19.1 Å². The van der Waals surface area contributed by atoms with Crippen LogP contribution in [0.2, 0.25) is 0 Å². The Balaban J connectivity index is 2.45. The van der Waals surface area contributed by atoms with E-state index in [9.17, 15) is 10.2 Å². The molecule has 0 fully saturated rings. The number of hydrogen-bond acceptors (Lipinski definition) is 3. The highest BCUT2D eigenvalue weighted by Crippen LogP contribution is 2.42. The lowest BCUT2D eigenvalue weighted by atomic mass is 10.1. The summed E-state index contributed by atoms with van der Waals surface area (Å²) in [5.74, 6) is 0.214. The van der Waals surface area contributed by atoms with Gasteiger partial charge in [-0.25, -0.2) is 0 Å². The monoisotopic (exact) mass is 267 g/mol. The van der Waals surface area contributed by atoms with Gasteiger partial charge < -0.3 is 19.2 Å². The van der Waals surface area contributed by atoms with Crippen molar-refractivity contribution in [2.24, 2.45) is 0 Å². The third-order valence-corrected chi connectivity index (χ3v) is 3.97. The zero-order valence-electron chi connectivity index (χ0n) is 10.9. The van der Waals surface area contributed by atoms with Crippen LogP contribution in [0.4, 0.5) is 0 Å². The Morgan fingerprint density at radius 2 is 1.95 bits per heavy atom. The van der Waals surface area contributed by atoms with Gasteiger partial charge in [-0.1, -0.05) is 18.2 Å². The largest absolute Gasteiger partial charge is 0.507 e. The minimum Gasteiger partial charge on any atom is -0.507 e. The summed E-state index contributed by atoms with van der Waals surface area (Å²) in [4.78, 5) is 0. The zero-order valence-corrected chi connectivity index (χ0v) is 10.9. The number of hydrogen-bond donors (Lipinski definition) is 2. The average Bonchev–Trinajstić information content (AvgIpc) is 3.06. The molecule has 0 aliphatic rings. The summed E-state index contributed by atoms with van der Waals surface area (Å²) in [5, 5.41) is 22.9. The van der Waals surface area contributed by atoms with E-state index < -0.39 is 0 Å². The second-order valence-electron chi connectivity index (χ2n) is 4.95. The van der Waals surface area contributed by atoms with E-state index >= 15 is 0 Å². The van der Waals surface area contributed by atoms with Crippen molar-refractivity contribution in [1.82, 2.24) is 4.57 Å². The summed E-state index contributed by atoms with van der Waals surface area (Å²) in [6, 6.07) is 9.61. The van der Waals surface area contributed by atoms with Crippen LogP contribution in [0.3, 0.4) is 0 Å². The smallest absolute Gasteiger partial charge is 0.142 e. The molecule has 4 heteroatoms. The fourth-order valence-electron chi connectivity index (χ4n) is 3.05. The second kappa shape index (κ2) is 3.77. The minimum absolute atomic E-state index is 0.146. The fourth-order valence-corrected chi connectivity index (χ4v) is 3.05. The van der Waals surface area contributed by atoms with Gasteiger partial charge in [0.2, 0.25) is 0 Å². The highest BCUT2D eigenvalue weighted by atomic mass is 16.3. The van der Waals surface area contributed by atoms with Gasteiger partial charge >= 0.3 is 0 Å². The third-order valence-electron chi connectivity index (χ3n) is 3.97. The van der Waals surface area contributed by atoms with Gasteiger partial charge in [-0.2, -0.15) is 0 Å². The molecule has 2 heterocycles. The van der Waals surface area contributed by atoms with Crippen molar-refractivity contribution >= 4 is 32.8 Å². The van der Waals surface area contributed by atoms with Crippen molar-refractivity contribution in [2.45, 2.75) is 13.7 Å². The summed E-state index contributed by atoms with van der Waals surface area (Å²) >= 11 is 0. The molecule has 0 bridgehead atoms. The highest BCUT2D eigenvalue weighted by molar-refractivity contribution is 6.20. The molecule has 100 valence electrons. The van der Waals surface area contributed by atoms with E-state index in [4.69, 9.17) is 4.42 Å². The lowest BCUT2D eigenvalue weighted by Gasteiger charge is -2.06. The first-order valence-electron chi connectivity index (χ1n) is 6.44. The van der Waals surface area contributed by atoms with Crippen LogP contribution in [0.1, 0.15) is 5.56 Å². The fraction of sp³-hybridized carbons (Fsp3) is 0.125. The average molecular weight is 267 g/mol. The number of benzene rings is 2. The number of phenolic OH excluding ortho intramolecular Hbond substituents is 1. The molecule has 0 radical (unpaired) electrons. The first-order chi connectivity index (χ1) is 9.74. The second-order valence-corrected chi connectivity index (χ2v) is 4.95. The molecule has 4 aromatic rings. The van der Waals surface area contributed by atoms with Gasteiger partial charge in [0.15, 0.2) is 0 Å². The van der Waals surface area contributed by atoms with Crippen LogP contribution < -0.4 is 0 Å². The third kappa shape index (κ3) is 1.19. The molecular formula is C16H13NO3. The van der Waals surface area contributed by atoms with Gasteiger partial charge in [0.05, 0.1) is 22.7 Å².